The van der Waals surface area contributed by atoms with Crippen molar-refractivity contribution in [3.8, 4) is 0 Å². The molecule has 6 rings (SSSR count). The first-order valence-corrected chi connectivity index (χ1v) is 15.6. The van der Waals surface area contributed by atoms with Crippen molar-refractivity contribution in [2.24, 2.45) is 0 Å². The second kappa shape index (κ2) is 13.3. The highest BCUT2D eigenvalue weighted by molar-refractivity contribution is 8.00. The summed E-state index contributed by atoms with van der Waals surface area (Å²) in [6.07, 6.45) is 9.84. The first-order chi connectivity index (χ1) is 23.0. The fourth-order valence-corrected chi connectivity index (χ4v) is 6.36. The summed E-state index contributed by atoms with van der Waals surface area (Å²) in [4.78, 5) is 46.5. The first-order valence-electron chi connectivity index (χ1n) is 14.8. The molecule has 1 aromatic carbocycles. The Morgan fingerprint density at radius 2 is 1.29 bits per heavy atom. The molecule has 10 nitrogen and oxygen atoms in total. The van der Waals surface area contributed by atoms with Crippen LogP contribution in [-0.4, -0.2) is 42.9 Å². The summed E-state index contributed by atoms with van der Waals surface area (Å²) >= 11 is -0.274. The zero-order chi connectivity index (χ0) is 33.9. The van der Waals surface area contributed by atoms with E-state index in [4.69, 9.17) is 0 Å². The molecule has 2 unspecified atom stereocenters. The van der Waals surface area contributed by atoms with Gasteiger partial charge in [0.2, 0.25) is 0 Å². The van der Waals surface area contributed by atoms with Crippen LogP contribution in [0.15, 0.2) is 115 Å². The Bertz CT molecular complexity index is 1820. The number of halogens is 3. The Labute approximate surface area is 278 Å². The SMILES string of the molecule is CC(c1ccnc(Nc2cccnc2)c1)C1(C(C)c2ccnc(Nc3cccnc3)c2)NC(=O)N(c2ccc(SC(F)(F)F)cc2)C1=O. The number of anilines is 5. The molecule has 0 aliphatic carbocycles. The average Bonchev–Trinajstić information content (AvgIpc) is 3.35. The van der Waals surface area contributed by atoms with E-state index in [-0.39, 0.29) is 22.3 Å². The zero-order valence-corrected chi connectivity index (χ0v) is 26.5. The Morgan fingerprint density at radius 1 is 0.771 bits per heavy atom. The molecular weight excluding hydrogens is 641 g/mol. The van der Waals surface area contributed by atoms with Gasteiger partial charge in [-0.15, -0.1) is 0 Å². The molecule has 5 heterocycles. The lowest BCUT2D eigenvalue weighted by atomic mass is 9.70. The number of rotatable bonds is 10. The van der Waals surface area contributed by atoms with E-state index in [1.807, 2.05) is 26.0 Å². The number of pyridine rings is 4. The van der Waals surface area contributed by atoms with Crippen LogP contribution in [0.5, 0.6) is 0 Å². The number of thioether (sulfide) groups is 1. The molecule has 1 saturated heterocycles. The lowest BCUT2D eigenvalue weighted by Gasteiger charge is -2.39. The van der Waals surface area contributed by atoms with Crippen molar-refractivity contribution in [1.29, 1.82) is 0 Å². The third-order valence-electron chi connectivity index (χ3n) is 8.20. The largest absolute Gasteiger partial charge is 0.446 e. The van der Waals surface area contributed by atoms with Crippen molar-refractivity contribution < 1.29 is 22.8 Å². The van der Waals surface area contributed by atoms with Crippen LogP contribution < -0.4 is 20.9 Å². The molecule has 1 fully saturated rings. The maximum Gasteiger partial charge on any atom is 0.446 e. The van der Waals surface area contributed by atoms with Gasteiger partial charge < -0.3 is 16.0 Å². The summed E-state index contributed by atoms with van der Waals surface area (Å²) in [7, 11) is 0. The molecule has 244 valence electrons. The Hall–Kier alpha value is -5.50. The Morgan fingerprint density at radius 3 is 1.75 bits per heavy atom. The number of carbonyl (C=O) groups excluding carboxylic acids is 2. The van der Waals surface area contributed by atoms with Crippen LogP contribution in [0.25, 0.3) is 0 Å². The van der Waals surface area contributed by atoms with Crippen LogP contribution >= 0.6 is 11.8 Å². The van der Waals surface area contributed by atoms with E-state index in [9.17, 15) is 22.8 Å². The minimum Gasteiger partial charge on any atom is -0.339 e. The second-order valence-electron chi connectivity index (χ2n) is 11.1. The number of urea groups is 1. The second-order valence-corrected chi connectivity index (χ2v) is 12.2. The highest BCUT2D eigenvalue weighted by Crippen LogP contribution is 2.46. The van der Waals surface area contributed by atoms with Gasteiger partial charge in [-0.1, -0.05) is 13.8 Å². The predicted molar refractivity (Wildman–Crippen MR) is 177 cm³/mol. The van der Waals surface area contributed by atoms with Crippen molar-refractivity contribution in [2.45, 2.75) is 41.6 Å². The maximum atomic E-state index is 14.7. The van der Waals surface area contributed by atoms with Gasteiger partial charge in [-0.05, 0) is 95.7 Å². The fourth-order valence-electron chi connectivity index (χ4n) is 5.82. The summed E-state index contributed by atoms with van der Waals surface area (Å²) < 4.78 is 38.9. The van der Waals surface area contributed by atoms with Crippen molar-refractivity contribution in [2.75, 3.05) is 15.5 Å². The fraction of sp³-hybridized carbons (Fsp3) is 0.176. The van der Waals surface area contributed by atoms with E-state index in [0.717, 1.165) is 4.90 Å². The first kappa shape index (κ1) is 32.4. The van der Waals surface area contributed by atoms with Crippen LogP contribution in [0.1, 0.15) is 36.8 Å². The van der Waals surface area contributed by atoms with Gasteiger partial charge >= 0.3 is 11.5 Å². The minimum absolute atomic E-state index is 0.0674. The normalized spacial score (nSPS) is 17.5. The molecule has 0 bridgehead atoms. The number of hydrogen-bond donors (Lipinski definition) is 3. The number of carbonyl (C=O) groups is 2. The number of amides is 3. The number of alkyl halides is 3. The maximum absolute atomic E-state index is 14.7. The number of imide groups is 1. The van der Waals surface area contributed by atoms with Gasteiger partial charge in [-0.25, -0.2) is 19.7 Å². The minimum atomic E-state index is -4.48. The van der Waals surface area contributed by atoms with Crippen molar-refractivity contribution >= 4 is 52.4 Å². The highest BCUT2D eigenvalue weighted by atomic mass is 32.2. The van der Waals surface area contributed by atoms with Crippen LogP contribution in [0.3, 0.4) is 0 Å². The summed E-state index contributed by atoms with van der Waals surface area (Å²) in [5.41, 5.74) is -3.02. The molecular formula is C34H29F3N8O2S. The lowest BCUT2D eigenvalue weighted by Crippen LogP contribution is -2.55. The predicted octanol–water partition coefficient (Wildman–Crippen LogP) is 7.77. The summed E-state index contributed by atoms with van der Waals surface area (Å²) in [5, 5.41) is 9.42. The number of benzene rings is 1. The number of aromatic nitrogens is 4. The molecule has 14 heteroatoms. The molecule has 0 radical (unpaired) electrons. The van der Waals surface area contributed by atoms with Crippen LogP contribution in [0.2, 0.25) is 0 Å². The van der Waals surface area contributed by atoms with Crippen molar-refractivity contribution in [3.63, 3.8) is 0 Å². The van der Waals surface area contributed by atoms with E-state index in [1.54, 1.807) is 73.6 Å². The Balaban J connectivity index is 1.39. The summed E-state index contributed by atoms with van der Waals surface area (Å²) in [6, 6.07) is 18.9. The van der Waals surface area contributed by atoms with E-state index >= 15 is 0 Å². The van der Waals surface area contributed by atoms with Gasteiger partial charge in [0.05, 0.1) is 29.5 Å². The van der Waals surface area contributed by atoms with Gasteiger partial charge in [-0.3, -0.25) is 14.8 Å². The van der Waals surface area contributed by atoms with E-state index < -0.39 is 34.8 Å². The van der Waals surface area contributed by atoms with Crippen LogP contribution in [-0.2, 0) is 4.79 Å². The Kier molecular flexibility index (Phi) is 9.00. The smallest absolute Gasteiger partial charge is 0.339 e. The molecule has 4 aromatic heterocycles. The van der Waals surface area contributed by atoms with Gasteiger partial charge in [0, 0.05) is 41.5 Å². The molecule has 0 spiro atoms. The molecule has 1 aliphatic heterocycles. The molecule has 1 aliphatic rings. The molecule has 0 saturated carbocycles. The summed E-state index contributed by atoms with van der Waals surface area (Å²) in [6.45, 7) is 3.70. The average molecular weight is 671 g/mol. The standard InChI is InChI=1S/C34H29F3N8O2S/c1-21(23-11-15-40-29(17-23)42-25-5-3-13-38-19-25)33(22(2)24-12-16-41-30(18-24)43-26-6-4-14-39-20-26)31(46)45(32(47)44-33)27-7-9-28(10-8-27)48-34(35,36)37/h3-22H,1-2H3,(H,40,42)(H,41,43)(H,44,47). The highest BCUT2D eigenvalue weighted by Gasteiger charge is 2.58. The number of hydrogen-bond acceptors (Lipinski definition) is 9. The molecule has 5 aromatic rings. The van der Waals surface area contributed by atoms with E-state index in [0.29, 0.717) is 34.1 Å². The monoisotopic (exact) mass is 670 g/mol. The lowest BCUT2D eigenvalue weighted by molar-refractivity contribution is -0.123. The summed E-state index contributed by atoms with van der Waals surface area (Å²) in [5.74, 6) is -0.772. The molecule has 2 atom stereocenters. The third-order valence-corrected chi connectivity index (χ3v) is 8.94. The number of nitrogens with one attached hydrogen (secondary N) is 3. The van der Waals surface area contributed by atoms with Crippen LogP contribution in [0.4, 0.5) is 46.7 Å². The number of nitrogens with zero attached hydrogens (tertiary/aromatic N) is 5. The molecule has 48 heavy (non-hydrogen) atoms. The van der Waals surface area contributed by atoms with Gasteiger partial charge in [0.25, 0.3) is 5.91 Å². The van der Waals surface area contributed by atoms with Crippen molar-refractivity contribution in [3.05, 3.63) is 121 Å². The van der Waals surface area contributed by atoms with E-state index in [1.165, 1.54) is 24.3 Å². The topological polar surface area (TPSA) is 125 Å². The van der Waals surface area contributed by atoms with Crippen LogP contribution in [0, 0.1) is 0 Å². The molecule has 3 amide bonds. The molecule has 3 N–H and O–H groups in total. The third kappa shape index (κ3) is 6.79. The zero-order valence-electron chi connectivity index (χ0n) is 25.6. The van der Waals surface area contributed by atoms with Gasteiger partial charge in [0.15, 0.2) is 0 Å². The van der Waals surface area contributed by atoms with Gasteiger partial charge in [-0.2, -0.15) is 13.2 Å². The van der Waals surface area contributed by atoms with Crippen molar-refractivity contribution in [1.82, 2.24) is 25.3 Å². The quantitative estimate of drug-likeness (QED) is 0.101. The van der Waals surface area contributed by atoms with E-state index in [2.05, 4.69) is 35.9 Å². The van der Waals surface area contributed by atoms with Gasteiger partial charge in [0.1, 0.15) is 17.2 Å².